The van der Waals surface area contributed by atoms with E-state index in [0.29, 0.717) is 18.0 Å². The summed E-state index contributed by atoms with van der Waals surface area (Å²) in [5.74, 6) is 0.599. The molecular formula is C15H23F3N2. The van der Waals surface area contributed by atoms with Crippen LogP contribution in [0.2, 0.25) is 0 Å². The first-order valence-electron chi connectivity index (χ1n) is 6.81. The van der Waals surface area contributed by atoms with Crippen LogP contribution in [-0.4, -0.2) is 25.0 Å². The fourth-order valence-corrected chi connectivity index (χ4v) is 1.96. The quantitative estimate of drug-likeness (QED) is 0.865. The molecule has 0 spiro atoms. The SMILES string of the molecule is CC(C)CCN(C)CC(N)c1cccc(C(F)(F)F)c1. The van der Waals surface area contributed by atoms with Gasteiger partial charge in [-0.25, -0.2) is 0 Å². The van der Waals surface area contributed by atoms with Gasteiger partial charge < -0.3 is 10.6 Å². The summed E-state index contributed by atoms with van der Waals surface area (Å²) in [5, 5.41) is 0. The number of nitrogens with two attached hydrogens (primary N) is 1. The molecule has 1 aromatic carbocycles. The molecule has 0 saturated heterocycles. The van der Waals surface area contributed by atoms with Crippen LogP contribution in [0.5, 0.6) is 0 Å². The molecule has 0 bridgehead atoms. The zero-order chi connectivity index (χ0) is 15.3. The summed E-state index contributed by atoms with van der Waals surface area (Å²) >= 11 is 0. The molecule has 20 heavy (non-hydrogen) atoms. The van der Waals surface area contributed by atoms with Gasteiger partial charge in [0.2, 0.25) is 0 Å². The molecule has 0 heterocycles. The van der Waals surface area contributed by atoms with Crippen molar-refractivity contribution < 1.29 is 13.2 Å². The molecule has 5 heteroatoms. The van der Waals surface area contributed by atoms with Crippen LogP contribution in [0.25, 0.3) is 0 Å². The molecule has 0 saturated carbocycles. The van der Waals surface area contributed by atoms with Crippen LogP contribution in [0.1, 0.15) is 37.4 Å². The minimum atomic E-state index is -4.32. The van der Waals surface area contributed by atoms with Crippen molar-refractivity contribution in [2.24, 2.45) is 11.7 Å². The average Bonchev–Trinajstić information content (AvgIpc) is 2.35. The monoisotopic (exact) mass is 288 g/mol. The summed E-state index contributed by atoms with van der Waals surface area (Å²) in [6.45, 7) is 5.72. The number of halogens is 3. The van der Waals surface area contributed by atoms with E-state index in [1.807, 2.05) is 7.05 Å². The molecule has 0 aliphatic heterocycles. The van der Waals surface area contributed by atoms with Crippen LogP contribution >= 0.6 is 0 Å². The Morgan fingerprint density at radius 3 is 2.45 bits per heavy atom. The van der Waals surface area contributed by atoms with Gasteiger partial charge in [-0.05, 0) is 43.6 Å². The van der Waals surface area contributed by atoms with Crippen molar-refractivity contribution in [1.82, 2.24) is 4.90 Å². The van der Waals surface area contributed by atoms with Crippen LogP contribution < -0.4 is 5.73 Å². The van der Waals surface area contributed by atoms with Gasteiger partial charge in [0, 0.05) is 12.6 Å². The summed E-state index contributed by atoms with van der Waals surface area (Å²) < 4.78 is 38.0. The molecule has 1 atom stereocenters. The lowest BCUT2D eigenvalue weighted by Gasteiger charge is -2.22. The summed E-state index contributed by atoms with van der Waals surface area (Å²) in [5.41, 5.74) is 5.89. The second-order valence-electron chi connectivity index (χ2n) is 5.67. The third kappa shape index (κ3) is 5.51. The molecule has 0 aromatic heterocycles. The first-order valence-corrected chi connectivity index (χ1v) is 6.81. The highest BCUT2D eigenvalue weighted by molar-refractivity contribution is 5.28. The maximum atomic E-state index is 12.7. The second kappa shape index (κ2) is 7.09. The van der Waals surface area contributed by atoms with Gasteiger partial charge in [-0.15, -0.1) is 0 Å². The highest BCUT2D eigenvalue weighted by atomic mass is 19.4. The van der Waals surface area contributed by atoms with Gasteiger partial charge in [0.05, 0.1) is 5.56 Å². The van der Waals surface area contributed by atoms with Gasteiger partial charge in [0.25, 0.3) is 0 Å². The molecular weight excluding hydrogens is 265 g/mol. The van der Waals surface area contributed by atoms with E-state index in [4.69, 9.17) is 5.73 Å². The van der Waals surface area contributed by atoms with Crippen LogP contribution in [0.3, 0.4) is 0 Å². The van der Waals surface area contributed by atoms with Crippen molar-refractivity contribution in [2.75, 3.05) is 20.1 Å². The molecule has 1 unspecified atom stereocenters. The van der Waals surface area contributed by atoms with Crippen molar-refractivity contribution in [2.45, 2.75) is 32.5 Å². The Hall–Kier alpha value is -1.07. The predicted molar refractivity (Wildman–Crippen MR) is 75.3 cm³/mol. The Morgan fingerprint density at radius 1 is 1.25 bits per heavy atom. The van der Waals surface area contributed by atoms with E-state index < -0.39 is 17.8 Å². The van der Waals surface area contributed by atoms with Crippen LogP contribution in [0, 0.1) is 5.92 Å². The van der Waals surface area contributed by atoms with E-state index in [2.05, 4.69) is 18.7 Å². The minimum Gasteiger partial charge on any atom is -0.323 e. The lowest BCUT2D eigenvalue weighted by molar-refractivity contribution is -0.137. The average molecular weight is 288 g/mol. The standard InChI is InChI=1S/C15H23F3N2/c1-11(2)7-8-20(3)10-14(19)12-5-4-6-13(9-12)15(16,17)18/h4-6,9,11,14H,7-8,10,19H2,1-3H3. The Kier molecular flexibility index (Phi) is 6.02. The predicted octanol–water partition coefficient (Wildman–Crippen LogP) is 3.68. The van der Waals surface area contributed by atoms with E-state index in [-0.39, 0.29) is 0 Å². The first kappa shape index (κ1) is 17.0. The zero-order valence-electron chi connectivity index (χ0n) is 12.2. The highest BCUT2D eigenvalue weighted by Gasteiger charge is 2.30. The molecule has 0 fully saturated rings. The van der Waals surface area contributed by atoms with Gasteiger partial charge in [0.15, 0.2) is 0 Å². The van der Waals surface area contributed by atoms with Gasteiger partial charge in [-0.3, -0.25) is 0 Å². The Morgan fingerprint density at radius 2 is 1.90 bits per heavy atom. The zero-order valence-corrected chi connectivity index (χ0v) is 12.2. The minimum absolute atomic E-state index is 0.408. The summed E-state index contributed by atoms with van der Waals surface area (Å²) in [6, 6.07) is 4.86. The number of hydrogen-bond donors (Lipinski definition) is 1. The normalized spacial score (nSPS) is 14.1. The molecule has 0 radical (unpaired) electrons. The van der Waals surface area contributed by atoms with E-state index >= 15 is 0 Å². The number of hydrogen-bond acceptors (Lipinski definition) is 2. The molecule has 1 rings (SSSR count). The van der Waals surface area contributed by atoms with Gasteiger partial charge in [-0.1, -0.05) is 26.0 Å². The second-order valence-corrected chi connectivity index (χ2v) is 5.67. The molecule has 0 aliphatic rings. The largest absolute Gasteiger partial charge is 0.416 e. The third-order valence-corrected chi connectivity index (χ3v) is 3.24. The van der Waals surface area contributed by atoms with Crippen molar-refractivity contribution >= 4 is 0 Å². The summed E-state index contributed by atoms with van der Waals surface area (Å²) in [4.78, 5) is 2.06. The Bertz CT molecular complexity index is 416. The van der Waals surface area contributed by atoms with Crippen molar-refractivity contribution in [1.29, 1.82) is 0 Å². The van der Waals surface area contributed by atoms with Crippen molar-refractivity contribution in [3.05, 3.63) is 35.4 Å². The van der Waals surface area contributed by atoms with E-state index in [1.165, 1.54) is 6.07 Å². The lowest BCUT2D eigenvalue weighted by atomic mass is 10.0. The lowest BCUT2D eigenvalue weighted by Crippen LogP contribution is -2.30. The van der Waals surface area contributed by atoms with E-state index in [1.54, 1.807) is 6.07 Å². The number of alkyl halides is 3. The van der Waals surface area contributed by atoms with E-state index in [9.17, 15) is 13.2 Å². The van der Waals surface area contributed by atoms with Gasteiger partial charge in [0.1, 0.15) is 0 Å². The molecule has 2 nitrogen and oxygen atoms in total. The van der Waals surface area contributed by atoms with Crippen LogP contribution in [0.4, 0.5) is 13.2 Å². The number of benzene rings is 1. The molecule has 0 aliphatic carbocycles. The molecule has 1 aromatic rings. The molecule has 114 valence electrons. The van der Waals surface area contributed by atoms with Crippen molar-refractivity contribution in [3.63, 3.8) is 0 Å². The van der Waals surface area contributed by atoms with Gasteiger partial charge >= 0.3 is 6.18 Å². The summed E-state index contributed by atoms with van der Waals surface area (Å²) in [7, 11) is 1.94. The Labute approximate surface area is 118 Å². The van der Waals surface area contributed by atoms with E-state index in [0.717, 1.165) is 25.1 Å². The number of rotatable bonds is 6. The third-order valence-electron chi connectivity index (χ3n) is 3.24. The van der Waals surface area contributed by atoms with Crippen LogP contribution in [0.15, 0.2) is 24.3 Å². The fourth-order valence-electron chi connectivity index (χ4n) is 1.96. The first-order chi connectivity index (χ1) is 9.20. The molecule has 0 amide bonds. The maximum absolute atomic E-state index is 12.7. The highest BCUT2D eigenvalue weighted by Crippen LogP contribution is 2.30. The smallest absolute Gasteiger partial charge is 0.323 e. The van der Waals surface area contributed by atoms with Crippen LogP contribution in [-0.2, 0) is 6.18 Å². The number of nitrogens with zero attached hydrogens (tertiary/aromatic N) is 1. The summed E-state index contributed by atoms with van der Waals surface area (Å²) in [6.07, 6.45) is -3.27. The van der Waals surface area contributed by atoms with Crippen molar-refractivity contribution in [3.8, 4) is 0 Å². The molecule has 2 N–H and O–H groups in total. The maximum Gasteiger partial charge on any atom is 0.416 e. The Balaban J connectivity index is 2.65. The number of likely N-dealkylation sites (N-methyl/N-ethyl adjacent to an activating group) is 1. The van der Waals surface area contributed by atoms with Gasteiger partial charge in [-0.2, -0.15) is 13.2 Å². The fraction of sp³-hybridized carbons (Fsp3) is 0.600. The topological polar surface area (TPSA) is 29.3 Å².